The van der Waals surface area contributed by atoms with Gasteiger partial charge in [-0.2, -0.15) is 0 Å². The number of nitrogens with one attached hydrogen (secondary N) is 2. The number of amides is 2. The molecule has 102 valence electrons. The third-order valence-corrected chi connectivity index (χ3v) is 4.86. The Morgan fingerprint density at radius 1 is 1.40 bits per heavy atom. The standard InChI is InChI=1S/C12H10N4O2S2/c1-12(10(18)15-11-16-13-6-19-11)9(17)14-7-4-2-3-5-8(7)20-12/h2-6H,1H3,(H,14,17)(H,15,16,18). The van der Waals surface area contributed by atoms with Crippen LogP contribution in [-0.4, -0.2) is 26.8 Å². The van der Waals surface area contributed by atoms with Crippen molar-refractivity contribution in [1.82, 2.24) is 10.2 Å². The van der Waals surface area contributed by atoms with Crippen LogP contribution in [0.25, 0.3) is 0 Å². The summed E-state index contributed by atoms with van der Waals surface area (Å²) in [6, 6.07) is 7.38. The summed E-state index contributed by atoms with van der Waals surface area (Å²) in [5, 5.41) is 13.1. The van der Waals surface area contributed by atoms with Crippen molar-refractivity contribution in [2.75, 3.05) is 10.6 Å². The lowest BCUT2D eigenvalue weighted by Crippen LogP contribution is -2.49. The second-order valence-electron chi connectivity index (χ2n) is 4.28. The van der Waals surface area contributed by atoms with Crippen LogP contribution in [0.1, 0.15) is 6.92 Å². The van der Waals surface area contributed by atoms with E-state index in [1.807, 2.05) is 24.3 Å². The van der Waals surface area contributed by atoms with E-state index >= 15 is 0 Å². The fraction of sp³-hybridized carbons (Fsp3) is 0.167. The van der Waals surface area contributed by atoms with Gasteiger partial charge in [0.25, 0.3) is 5.91 Å². The second-order valence-corrected chi connectivity index (χ2v) is 6.58. The molecule has 0 saturated carbocycles. The zero-order valence-electron chi connectivity index (χ0n) is 10.4. The monoisotopic (exact) mass is 306 g/mol. The van der Waals surface area contributed by atoms with Crippen LogP contribution in [-0.2, 0) is 9.59 Å². The average molecular weight is 306 g/mol. The number of aromatic nitrogens is 2. The molecule has 8 heteroatoms. The highest BCUT2D eigenvalue weighted by Gasteiger charge is 2.46. The summed E-state index contributed by atoms with van der Waals surface area (Å²) in [7, 11) is 0. The van der Waals surface area contributed by atoms with Gasteiger partial charge in [-0.1, -0.05) is 35.2 Å². The van der Waals surface area contributed by atoms with Crippen LogP contribution in [0.5, 0.6) is 0 Å². The number of benzene rings is 1. The summed E-state index contributed by atoms with van der Waals surface area (Å²) in [5.41, 5.74) is 2.24. The first-order valence-corrected chi connectivity index (χ1v) is 7.46. The quantitative estimate of drug-likeness (QED) is 0.829. The molecule has 1 atom stereocenters. The SMILES string of the molecule is CC1(C(=O)Nc2nncs2)Sc2ccccc2NC1=O. The molecule has 0 fully saturated rings. The highest BCUT2D eigenvalue weighted by molar-refractivity contribution is 8.02. The van der Waals surface area contributed by atoms with Crippen molar-refractivity contribution in [3.63, 3.8) is 0 Å². The number of carbonyl (C=O) groups excluding carboxylic acids is 2. The molecule has 3 rings (SSSR count). The van der Waals surface area contributed by atoms with Crippen molar-refractivity contribution in [1.29, 1.82) is 0 Å². The molecule has 1 aliphatic rings. The summed E-state index contributed by atoms with van der Waals surface area (Å²) in [6.07, 6.45) is 0. The Labute approximate surface area is 123 Å². The molecule has 0 spiro atoms. The van der Waals surface area contributed by atoms with E-state index in [2.05, 4.69) is 20.8 Å². The van der Waals surface area contributed by atoms with Crippen molar-refractivity contribution in [3.05, 3.63) is 29.8 Å². The Morgan fingerprint density at radius 3 is 2.95 bits per heavy atom. The fourth-order valence-electron chi connectivity index (χ4n) is 1.76. The van der Waals surface area contributed by atoms with E-state index in [9.17, 15) is 9.59 Å². The largest absolute Gasteiger partial charge is 0.323 e. The Morgan fingerprint density at radius 2 is 2.20 bits per heavy atom. The maximum absolute atomic E-state index is 12.4. The van der Waals surface area contributed by atoms with E-state index in [1.54, 1.807) is 6.92 Å². The zero-order valence-corrected chi connectivity index (χ0v) is 12.0. The van der Waals surface area contributed by atoms with Gasteiger partial charge in [0.2, 0.25) is 11.0 Å². The summed E-state index contributed by atoms with van der Waals surface area (Å²) in [6.45, 7) is 1.60. The highest BCUT2D eigenvalue weighted by atomic mass is 32.2. The van der Waals surface area contributed by atoms with Crippen LogP contribution in [0.3, 0.4) is 0 Å². The zero-order chi connectivity index (χ0) is 14.2. The van der Waals surface area contributed by atoms with E-state index in [4.69, 9.17) is 0 Å². The second kappa shape index (κ2) is 4.88. The number of anilines is 2. The molecule has 0 bridgehead atoms. The molecule has 2 N–H and O–H groups in total. The number of thioether (sulfide) groups is 1. The molecule has 0 saturated heterocycles. The highest BCUT2D eigenvalue weighted by Crippen LogP contribution is 2.42. The topological polar surface area (TPSA) is 84.0 Å². The Hall–Kier alpha value is -1.93. The van der Waals surface area contributed by atoms with Crippen LogP contribution < -0.4 is 10.6 Å². The van der Waals surface area contributed by atoms with E-state index in [0.717, 1.165) is 10.6 Å². The predicted octanol–water partition coefficient (Wildman–Crippen LogP) is 1.98. The molecule has 0 aliphatic carbocycles. The first-order chi connectivity index (χ1) is 9.59. The molecule has 1 aromatic heterocycles. The maximum atomic E-state index is 12.4. The predicted molar refractivity (Wildman–Crippen MR) is 77.9 cm³/mol. The van der Waals surface area contributed by atoms with Crippen molar-refractivity contribution >= 4 is 45.7 Å². The van der Waals surface area contributed by atoms with E-state index in [0.29, 0.717) is 5.13 Å². The van der Waals surface area contributed by atoms with Crippen molar-refractivity contribution in [2.45, 2.75) is 16.6 Å². The Balaban J connectivity index is 1.88. The lowest BCUT2D eigenvalue weighted by Gasteiger charge is -2.31. The molecule has 0 radical (unpaired) electrons. The molecule has 1 aromatic carbocycles. The van der Waals surface area contributed by atoms with Crippen LogP contribution in [0.15, 0.2) is 34.7 Å². The first-order valence-electron chi connectivity index (χ1n) is 5.77. The average Bonchev–Trinajstić information content (AvgIpc) is 2.93. The summed E-state index contributed by atoms with van der Waals surface area (Å²) in [4.78, 5) is 25.4. The van der Waals surface area contributed by atoms with Gasteiger partial charge in [-0.05, 0) is 19.1 Å². The van der Waals surface area contributed by atoms with Gasteiger partial charge in [-0.3, -0.25) is 14.9 Å². The number of rotatable bonds is 2. The molecule has 2 amide bonds. The summed E-state index contributed by atoms with van der Waals surface area (Å²) >= 11 is 2.44. The van der Waals surface area contributed by atoms with E-state index < -0.39 is 10.7 Å². The Kier molecular flexibility index (Phi) is 3.19. The van der Waals surface area contributed by atoms with Crippen LogP contribution in [0.4, 0.5) is 10.8 Å². The van der Waals surface area contributed by atoms with Gasteiger partial charge in [0, 0.05) is 4.90 Å². The van der Waals surface area contributed by atoms with Crippen LogP contribution in [0.2, 0.25) is 0 Å². The van der Waals surface area contributed by atoms with Gasteiger partial charge in [0.15, 0.2) is 4.75 Å². The minimum absolute atomic E-state index is 0.344. The van der Waals surface area contributed by atoms with Crippen LogP contribution in [0, 0.1) is 0 Å². The van der Waals surface area contributed by atoms with Gasteiger partial charge in [-0.25, -0.2) is 0 Å². The van der Waals surface area contributed by atoms with Gasteiger partial charge < -0.3 is 5.32 Å². The van der Waals surface area contributed by atoms with E-state index in [1.165, 1.54) is 28.6 Å². The number of hydrogen-bond donors (Lipinski definition) is 2. The summed E-state index contributed by atoms with van der Waals surface area (Å²) < 4.78 is -1.24. The fourth-order valence-corrected chi connectivity index (χ4v) is 3.30. The van der Waals surface area contributed by atoms with E-state index in [-0.39, 0.29) is 5.91 Å². The molecular weight excluding hydrogens is 296 g/mol. The molecule has 1 unspecified atom stereocenters. The molecule has 6 nitrogen and oxygen atoms in total. The number of hydrogen-bond acceptors (Lipinski definition) is 6. The minimum atomic E-state index is -1.24. The normalized spacial score (nSPS) is 20.9. The lowest BCUT2D eigenvalue weighted by molar-refractivity contribution is -0.126. The van der Waals surface area contributed by atoms with Gasteiger partial charge >= 0.3 is 0 Å². The molecular formula is C12H10N4O2S2. The lowest BCUT2D eigenvalue weighted by atomic mass is 10.1. The smallest absolute Gasteiger partial charge is 0.252 e. The minimum Gasteiger partial charge on any atom is -0.323 e. The first kappa shape index (κ1) is 13.1. The number of carbonyl (C=O) groups is 2. The maximum Gasteiger partial charge on any atom is 0.252 e. The van der Waals surface area contributed by atoms with Gasteiger partial charge in [-0.15, -0.1) is 10.2 Å². The third kappa shape index (κ3) is 2.16. The third-order valence-electron chi connectivity index (χ3n) is 2.90. The molecule has 2 aromatic rings. The molecule has 2 heterocycles. The molecule has 20 heavy (non-hydrogen) atoms. The number of fused-ring (bicyclic) bond motifs is 1. The van der Waals surface area contributed by atoms with Crippen molar-refractivity contribution in [3.8, 4) is 0 Å². The van der Waals surface area contributed by atoms with Crippen LogP contribution >= 0.6 is 23.1 Å². The molecule has 1 aliphatic heterocycles. The van der Waals surface area contributed by atoms with Crippen molar-refractivity contribution < 1.29 is 9.59 Å². The van der Waals surface area contributed by atoms with Gasteiger partial charge in [0.05, 0.1) is 5.69 Å². The summed E-state index contributed by atoms with van der Waals surface area (Å²) in [5.74, 6) is -0.755. The van der Waals surface area contributed by atoms with Gasteiger partial charge in [0.1, 0.15) is 5.51 Å². The number of nitrogens with zero attached hydrogens (tertiary/aromatic N) is 2. The van der Waals surface area contributed by atoms with Crippen molar-refractivity contribution in [2.24, 2.45) is 0 Å². The number of para-hydroxylation sites is 1. The Bertz CT molecular complexity index is 674.